The third-order valence-corrected chi connectivity index (χ3v) is 5.57. The number of benzene rings is 2. The Balaban J connectivity index is 1.55. The molecule has 1 aliphatic rings. The molecule has 0 aromatic heterocycles. The Labute approximate surface area is 196 Å². The summed E-state index contributed by atoms with van der Waals surface area (Å²) in [5.74, 6) is 0.0375. The number of nitrogens with one attached hydrogen (secondary N) is 1. The molecule has 1 heterocycles. The molecule has 172 valence electrons. The Bertz CT molecular complexity index is 1050. The lowest BCUT2D eigenvalue weighted by Gasteiger charge is -2.19. The van der Waals surface area contributed by atoms with E-state index in [9.17, 15) is 14.4 Å². The number of carbonyl (C=O) groups excluding carboxylic acids is 3. The standard InChI is InChI=1S/C24H24N2O6S/c1-3-11-26(12-4-2)23(28)14-30-24(29)18-7-5-6-8-21(18)33-15-22(27)25-17-9-10-19-20(13-17)32-16-31-19/h3-10,13H,1-2,11-12,14-16H2,(H,25,27). The van der Waals surface area contributed by atoms with Crippen LogP contribution < -0.4 is 14.8 Å². The van der Waals surface area contributed by atoms with Crippen LogP contribution in [-0.2, 0) is 14.3 Å². The number of carbonyl (C=O) groups is 3. The number of ether oxygens (including phenoxy) is 3. The van der Waals surface area contributed by atoms with E-state index in [1.165, 1.54) is 16.7 Å². The van der Waals surface area contributed by atoms with Crippen LogP contribution in [0.2, 0.25) is 0 Å². The third kappa shape index (κ3) is 6.63. The Hall–Kier alpha value is -3.72. The highest BCUT2D eigenvalue weighted by Crippen LogP contribution is 2.34. The van der Waals surface area contributed by atoms with Gasteiger partial charge in [0, 0.05) is 29.7 Å². The number of fused-ring (bicyclic) bond motifs is 1. The lowest BCUT2D eigenvalue weighted by Crippen LogP contribution is -2.35. The third-order valence-electron chi connectivity index (χ3n) is 4.50. The Morgan fingerprint density at radius 3 is 2.55 bits per heavy atom. The van der Waals surface area contributed by atoms with Crippen LogP contribution >= 0.6 is 11.8 Å². The van der Waals surface area contributed by atoms with Gasteiger partial charge in [0.2, 0.25) is 12.7 Å². The highest BCUT2D eigenvalue weighted by molar-refractivity contribution is 8.00. The van der Waals surface area contributed by atoms with Crippen molar-refractivity contribution >= 4 is 35.2 Å². The summed E-state index contributed by atoms with van der Waals surface area (Å²) in [4.78, 5) is 39.3. The lowest BCUT2D eigenvalue weighted by atomic mass is 10.2. The average Bonchev–Trinajstić information content (AvgIpc) is 3.29. The molecule has 0 radical (unpaired) electrons. The molecule has 8 nitrogen and oxygen atoms in total. The number of rotatable bonds is 11. The van der Waals surface area contributed by atoms with Crippen LogP contribution in [0.4, 0.5) is 5.69 Å². The second-order valence-corrected chi connectivity index (χ2v) is 7.87. The zero-order valence-electron chi connectivity index (χ0n) is 18.0. The van der Waals surface area contributed by atoms with Gasteiger partial charge in [-0.3, -0.25) is 9.59 Å². The molecule has 1 N–H and O–H groups in total. The van der Waals surface area contributed by atoms with Crippen molar-refractivity contribution in [3.8, 4) is 11.5 Å². The van der Waals surface area contributed by atoms with Crippen molar-refractivity contribution < 1.29 is 28.6 Å². The lowest BCUT2D eigenvalue weighted by molar-refractivity contribution is -0.133. The number of thioether (sulfide) groups is 1. The maximum atomic E-state index is 12.6. The van der Waals surface area contributed by atoms with E-state index in [4.69, 9.17) is 14.2 Å². The van der Waals surface area contributed by atoms with Gasteiger partial charge in [0.15, 0.2) is 18.1 Å². The minimum atomic E-state index is -0.639. The Morgan fingerprint density at radius 1 is 1.06 bits per heavy atom. The van der Waals surface area contributed by atoms with E-state index in [1.807, 2.05) is 0 Å². The largest absolute Gasteiger partial charge is 0.454 e. The number of nitrogens with zero attached hydrogens (tertiary/aromatic N) is 1. The molecule has 33 heavy (non-hydrogen) atoms. The van der Waals surface area contributed by atoms with Crippen LogP contribution in [0.15, 0.2) is 72.7 Å². The molecule has 0 bridgehead atoms. The molecule has 0 saturated heterocycles. The Kier molecular flexibility index (Phi) is 8.54. The fraction of sp³-hybridized carbons (Fsp3) is 0.208. The van der Waals surface area contributed by atoms with Crippen molar-refractivity contribution in [2.24, 2.45) is 0 Å². The first-order valence-corrected chi connectivity index (χ1v) is 11.1. The zero-order valence-corrected chi connectivity index (χ0v) is 18.8. The highest BCUT2D eigenvalue weighted by Gasteiger charge is 2.18. The van der Waals surface area contributed by atoms with Crippen LogP contribution in [-0.4, -0.2) is 54.9 Å². The van der Waals surface area contributed by atoms with Crippen molar-refractivity contribution in [2.75, 3.05) is 37.6 Å². The summed E-state index contributed by atoms with van der Waals surface area (Å²) >= 11 is 1.19. The predicted molar refractivity (Wildman–Crippen MR) is 126 cm³/mol. The molecule has 0 aliphatic carbocycles. The molecule has 0 unspecified atom stereocenters. The topological polar surface area (TPSA) is 94.2 Å². The van der Waals surface area contributed by atoms with Gasteiger partial charge in [-0.1, -0.05) is 24.3 Å². The van der Waals surface area contributed by atoms with E-state index in [0.29, 0.717) is 35.2 Å². The second-order valence-electron chi connectivity index (χ2n) is 6.85. The van der Waals surface area contributed by atoms with Gasteiger partial charge in [0.1, 0.15) is 0 Å². The smallest absolute Gasteiger partial charge is 0.339 e. The van der Waals surface area contributed by atoms with Gasteiger partial charge >= 0.3 is 5.97 Å². The first-order chi connectivity index (χ1) is 16.0. The average molecular weight is 469 g/mol. The van der Waals surface area contributed by atoms with Crippen LogP contribution in [0.5, 0.6) is 11.5 Å². The van der Waals surface area contributed by atoms with Crippen LogP contribution in [0.25, 0.3) is 0 Å². The fourth-order valence-electron chi connectivity index (χ4n) is 2.96. The van der Waals surface area contributed by atoms with E-state index in [1.54, 1.807) is 54.6 Å². The molecule has 0 atom stereocenters. The number of esters is 1. The van der Waals surface area contributed by atoms with Crippen LogP contribution in [0, 0.1) is 0 Å². The predicted octanol–water partition coefficient (Wildman–Crippen LogP) is 3.50. The fourth-order valence-corrected chi connectivity index (χ4v) is 3.80. The molecule has 0 saturated carbocycles. The van der Waals surface area contributed by atoms with Crippen LogP contribution in [0.3, 0.4) is 0 Å². The molecule has 0 spiro atoms. The van der Waals surface area contributed by atoms with Gasteiger partial charge in [-0.05, 0) is 24.3 Å². The summed E-state index contributed by atoms with van der Waals surface area (Å²) in [5, 5.41) is 2.79. The van der Waals surface area contributed by atoms with Gasteiger partial charge in [-0.15, -0.1) is 24.9 Å². The first kappa shape index (κ1) is 23.9. The molecule has 2 aromatic carbocycles. The second kappa shape index (κ2) is 11.8. The first-order valence-electron chi connectivity index (χ1n) is 10.1. The van der Waals surface area contributed by atoms with Crippen LogP contribution in [0.1, 0.15) is 10.4 Å². The number of amides is 2. The van der Waals surface area contributed by atoms with Gasteiger partial charge < -0.3 is 24.4 Å². The molecule has 9 heteroatoms. The van der Waals surface area contributed by atoms with Crippen molar-refractivity contribution in [1.82, 2.24) is 4.90 Å². The van der Waals surface area contributed by atoms with E-state index in [2.05, 4.69) is 18.5 Å². The minimum absolute atomic E-state index is 0.0735. The molecular formula is C24H24N2O6S. The van der Waals surface area contributed by atoms with Gasteiger partial charge in [0.05, 0.1) is 11.3 Å². The molecule has 2 amide bonds. The van der Waals surface area contributed by atoms with Gasteiger partial charge in [-0.2, -0.15) is 0 Å². The summed E-state index contributed by atoms with van der Waals surface area (Å²) in [6.45, 7) is 7.63. The number of anilines is 1. The van der Waals surface area contributed by atoms with Gasteiger partial charge in [-0.25, -0.2) is 4.79 Å². The Morgan fingerprint density at radius 2 is 1.79 bits per heavy atom. The molecule has 2 aromatic rings. The van der Waals surface area contributed by atoms with Crippen molar-refractivity contribution in [2.45, 2.75) is 4.90 Å². The van der Waals surface area contributed by atoms with E-state index in [-0.39, 0.29) is 29.9 Å². The van der Waals surface area contributed by atoms with Crippen molar-refractivity contribution in [3.05, 3.63) is 73.3 Å². The van der Waals surface area contributed by atoms with E-state index < -0.39 is 12.6 Å². The monoisotopic (exact) mass is 468 g/mol. The summed E-state index contributed by atoms with van der Waals surface area (Å²) in [5.41, 5.74) is 0.866. The maximum Gasteiger partial charge on any atom is 0.339 e. The highest BCUT2D eigenvalue weighted by atomic mass is 32.2. The number of hydrogen-bond donors (Lipinski definition) is 1. The molecule has 3 rings (SSSR count). The van der Waals surface area contributed by atoms with E-state index >= 15 is 0 Å². The zero-order chi connectivity index (χ0) is 23.6. The minimum Gasteiger partial charge on any atom is -0.454 e. The quantitative estimate of drug-likeness (QED) is 0.306. The summed E-state index contributed by atoms with van der Waals surface area (Å²) in [6, 6.07) is 11.9. The SMILES string of the molecule is C=CCN(CC=C)C(=O)COC(=O)c1ccccc1SCC(=O)Nc1ccc2c(c1)OCO2. The van der Waals surface area contributed by atoms with Crippen molar-refractivity contribution in [1.29, 1.82) is 0 Å². The molecule has 0 fully saturated rings. The number of hydrogen-bond acceptors (Lipinski definition) is 7. The maximum absolute atomic E-state index is 12.6. The van der Waals surface area contributed by atoms with Crippen molar-refractivity contribution in [3.63, 3.8) is 0 Å². The van der Waals surface area contributed by atoms with E-state index in [0.717, 1.165) is 0 Å². The molecular weight excluding hydrogens is 444 g/mol. The van der Waals surface area contributed by atoms with Gasteiger partial charge in [0.25, 0.3) is 5.91 Å². The molecule has 1 aliphatic heterocycles. The summed E-state index contributed by atoms with van der Waals surface area (Å²) in [7, 11) is 0. The summed E-state index contributed by atoms with van der Waals surface area (Å²) < 4.78 is 15.8. The normalized spacial score (nSPS) is 11.4. The summed E-state index contributed by atoms with van der Waals surface area (Å²) in [6.07, 6.45) is 3.17.